The first-order valence-corrected chi connectivity index (χ1v) is 9.36. The van der Waals surface area contributed by atoms with E-state index in [1.807, 2.05) is 12.1 Å². The molecule has 94 valence electrons. The summed E-state index contributed by atoms with van der Waals surface area (Å²) < 4.78 is 36.7. The molecule has 0 N–H and O–H groups in total. The third-order valence-corrected chi connectivity index (χ3v) is 4.94. The average Bonchev–Trinajstić information content (AvgIpc) is 2.37. The number of benzene rings is 1. The topological polar surface area (TPSA) is 12.9 Å². The molecule has 1 nitrogen and oxygen atoms in total. The minimum atomic E-state index is -2.46. The molecule has 1 aromatic carbocycles. The summed E-state index contributed by atoms with van der Waals surface area (Å²) in [6.07, 6.45) is 1.66. The SMILES string of the molecule is [2H]C([2H])([2H])c1cccc(-c2cc([Si](C)(C)C)ccn2)c1F. The highest BCUT2D eigenvalue weighted by molar-refractivity contribution is 6.88. The Kier molecular flexibility index (Phi) is 2.44. The third kappa shape index (κ3) is 2.51. The van der Waals surface area contributed by atoms with Crippen LogP contribution in [0.3, 0.4) is 0 Å². The maximum absolute atomic E-state index is 14.5. The monoisotopic (exact) mass is 262 g/mol. The van der Waals surface area contributed by atoms with Crippen molar-refractivity contribution in [1.82, 2.24) is 4.98 Å². The van der Waals surface area contributed by atoms with Gasteiger partial charge in [0.1, 0.15) is 5.82 Å². The van der Waals surface area contributed by atoms with Gasteiger partial charge in [0.15, 0.2) is 0 Å². The van der Waals surface area contributed by atoms with Crippen molar-refractivity contribution in [2.45, 2.75) is 26.5 Å². The molecular formula is C15H18FNSi. The molecule has 0 saturated heterocycles. The van der Waals surface area contributed by atoms with Crippen LogP contribution in [0.5, 0.6) is 0 Å². The summed E-state index contributed by atoms with van der Waals surface area (Å²) in [7, 11) is -1.54. The summed E-state index contributed by atoms with van der Waals surface area (Å²) in [5.74, 6) is -0.710. The van der Waals surface area contributed by atoms with Crippen LogP contribution in [-0.4, -0.2) is 13.1 Å². The van der Waals surface area contributed by atoms with Gasteiger partial charge in [-0.25, -0.2) is 4.39 Å². The van der Waals surface area contributed by atoms with Crippen molar-refractivity contribution < 1.29 is 8.50 Å². The van der Waals surface area contributed by atoms with Crippen LogP contribution >= 0.6 is 0 Å². The number of pyridine rings is 1. The lowest BCUT2D eigenvalue weighted by atomic mass is 10.1. The van der Waals surface area contributed by atoms with Gasteiger partial charge in [0, 0.05) is 15.9 Å². The molecule has 1 aromatic heterocycles. The lowest BCUT2D eigenvalue weighted by Crippen LogP contribution is -2.37. The van der Waals surface area contributed by atoms with Crippen LogP contribution in [0.1, 0.15) is 9.68 Å². The summed E-state index contributed by atoms with van der Waals surface area (Å²) in [5.41, 5.74) is 0.461. The van der Waals surface area contributed by atoms with Gasteiger partial charge in [0.2, 0.25) is 0 Å². The second-order valence-corrected chi connectivity index (χ2v) is 10.4. The normalized spacial score (nSPS) is 14.8. The van der Waals surface area contributed by atoms with E-state index in [-0.39, 0.29) is 11.1 Å². The van der Waals surface area contributed by atoms with Gasteiger partial charge in [-0.15, -0.1) is 0 Å². The lowest BCUT2D eigenvalue weighted by Gasteiger charge is -2.17. The van der Waals surface area contributed by atoms with Crippen LogP contribution in [0.25, 0.3) is 11.3 Å². The van der Waals surface area contributed by atoms with Crippen molar-refractivity contribution in [3.8, 4) is 11.3 Å². The predicted molar refractivity (Wildman–Crippen MR) is 77.3 cm³/mol. The molecule has 1 heterocycles. The number of rotatable bonds is 2. The van der Waals surface area contributed by atoms with Gasteiger partial charge in [-0.3, -0.25) is 4.98 Å². The van der Waals surface area contributed by atoms with Gasteiger partial charge >= 0.3 is 0 Å². The smallest absolute Gasteiger partial charge is 0.135 e. The third-order valence-electron chi connectivity index (χ3n) is 2.90. The zero-order chi connectivity index (χ0) is 15.8. The first-order chi connectivity index (χ1) is 9.60. The Morgan fingerprint density at radius 2 is 2.00 bits per heavy atom. The van der Waals surface area contributed by atoms with Gasteiger partial charge in [-0.1, -0.05) is 37.0 Å². The Morgan fingerprint density at radius 3 is 2.67 bits per heavy atom. The highest BCUT2D eigenvalue weighted by Crippen LogP contribution is 2.22. The summed E-state index contributed by atoms with van der Waals surface area (Å²) in [4.78, 5) is 4.21. The molecule has 0 fully saturated rings. The first-order valence-electron chi connectivity index (χ1n) is 7.36. The molecule has 0 radical (unpaired) electrons. The van der Waals surface area contributed by atoms with Gasteiger partial charge in [-0.05, 0) is 30.6 Å². The molecule has 0 atom stereocenters. The van der Waals surface area contributed by atoms with Gasteiger partial charge in [-0.2, -0.15) is 0 Å². The highest BCUT2D eigenvalue weighted by Gasteiger charge is 2.18. The lowest BCUT2D eigenvalue weighted by molar-refractivity contribution is 0.621. The molecule has 18 heavy (non-hydrogen) atoms. The van der Waals surface area contributed by atoms with Crippen molar-refractivity contribution in [3.63, 3.8) is 0 Å². The average molecular weight is 262 g/mol. The Hall–Kier alpha value is -1.48. The first kappa shape index (κ1) is 9.45. The Bertz CT molecular complexity index is 663. The number of nitrogens with zero attached hydrogens (tertiary/aromatic N) is 1. The molecule has 2 aromatic rings. The van der Waals surface area contributed by atoms with E-state index in [9.17, 15) is 4.39 Å². The zero-order valence-electron chi connectivity index (χ0n) is 13.8. The van der Waals surface area contributed by atoms with E-state index in [1.165, 1.54) is 6.07 Å². The Balaban J connectivity index is 2.58. The van der Waals surface area contributed by atoms with Gasteiger partial charge in [0.05, 0.1) is 13.8 Å². The van der Waals surface area contributed by atoms with Gasteiger partial charge < -0.3 is 0 Å². The molecule has 0 aliphatic carbocycles. The molecule has 0 bridgehead atoms. The second-order valence-electron chi connectivity index (χ2n) is 5.35. The van der Waals surface area contributed by atoms with E-state index in [2.05, 4.69) is 24.6 Å². The van der Waals surface area contributed by atoms with Crippen LogP contribution in [0.4, 0.5) is 4.39 Å². The summed E-state index contributed by atoms with van der Waals surface area (Å²) in [6.45, 7) is 4.13. The van der Waals surface area contributed by atoms with Gasteiger partial charge in [0.25, 0.3) is 0 Å². The second kappa shape index (κ2) is 4.65. The number of hydrogen-bond acceptors (Lipinski definition) is 1. The highest BCUT2D eigenvalue weighted by atomic mass is 28.3. The molecule has 0 saturated carbocycles. The summed E-state index contributed by atoms with van der Waals surface area (Å²) in [5, 5.41) is 1.16. The van der Waals surface area contributed by atoms with Crippen molar-refractivity contribution in [2.24, 2.45) is 0 Å². The van der Waals surface area contributed by atoms with Crippen molar-refractivity contribution in [1.29, 1.82) is 0 Å². The fraction of sp³-hybridized carbons (Fsp3) is 0.267. The molecule has 0 aliphatic rings. The maximum atomic E-state index is 14.5. The van der Waals surface area contributed by atoms with Crippen LogP contribution in [0.15, 0.2) is 36.5 Å². The van der Waals surface area contributed by atoms with Crippen molar-refractivity contribution >= 4 is 13.3 Å². The fourth-order valence-electron chi connectivity index (χ4n) is 1.77. The molecule has 3 heteroatoms. The fourth-order valence-corrected chi connectivity index (χ4v) is 2.92. The van der Waals surface area contributed by atoms with Crippen LogP contribution in [0.2, 0.25) is 19.6 Å². The van der Waals surface area contributed by atoms with Crippen LogP contribution in [-0.2, 0) is 0 Å². The summed E-state index contributed by atoms with van der Waals surface area (Å²) >= 11 is 0. The zero-order valence-corrected chi connectivity index (χ0v) is 11.8. The largest absolute Gasteiger partial charge is 0.256 e. The number of halogens is 1. The number of aromatic nitrogens is 1. The standard InChI is InChI=1S/C15H18FNSi/c1-11-6-5-7-13(15(11)16)14-10-12(8-9-17-14)18(2,3)4/h5-10H,1-4H3/i1D3. The summed E-state index contributed by atoms with van der Waals surface area (Å²) in [6, 6.07) is 8.24. The maximum Gasteiger partial charge on any atom is 0.135 e. The molecule has 0 aliphatic heterocycles. The minimum absolute atomic E-state index is 0.240. The quantitative estimate of drug-likeness (QED) is 0.751. The number of aryl methyl sites for hydroxylation is 1. The molecule has 2 rings (SSSR count). The Morgan fingerprint density at radius 1 is 1.22 bits per heavy atom. The molecule has 0 spiro atoms. The van der Waals surface area contributed by atoms with E-state index in [0.717, 1.165) is 5.19 Å². The molecular weight excluding hydrogens is 241 g/mol. The molecule has 0 amide bonds. The minimum Gasteiger partial charge on any atom is -0.256 e. The van der Waals surface area contributed by atoms with Crippen LogP contribution < -0.4 is 5.19 Å². The molecule has 0 unspecified atom stereocenters. The van der Waals surface area contributed by atoms with E-state index < -0.39 is 20.7 Å². The van der Waals surface area contributed by atoms with Crippen LogP contribution in [0, 0.1) is 12.7 Å². The van der Waals surface area contributed by atoms with E-state index in [1.54, 1.807) is 18.3 Å². The van der Waals surface area contributed by atoms with E-state index in [4.69, 9.17) is 4.11 Å². The predicted octanol–water partition coefficient (Wildman–Crippen LogP) is 3.74. The van der Waals surface area contributed by atoms with Crippen molar-refractivity contribution in [2.75, 3.05) is 0 Å². The van der Waals surface area contributed by atoms with E-state index >= 15 is 0 Å². The van der Waals surface area contributed by atoms with E-state index in [0.29, 0.717) is 5.69 Å². The number of hydrogen-bond donors (Lipinski definition) is 0. The Labute approximate surface area is 113 Å². The van der Waals surface area contributed by atoms with Crippen molar-refractivity contribution in [3.05, 3.63) is 47.9 Å².